The Balaban J connectivity index is 1.44. The predicted octanol–water partition coefficient (Wildman–Crippen LogP) is 7.06. The van der Waals surface area contributed by atoms with Gasteiger partial charge in [0.05, 0.1) is 6.61 Å². The number of rotatable bonds is 3. The molecular weight excluding hydrogens is 516 g/mol. The van der Waals surface area contributed by atoms with E-state index in [1.54, 1.807) is 0 Å². The van der Waals surface area contributed by atoms with Gasteiger partial charge in [-0.1, -0.05) is 58.8 Å². The molecule has 2 bridgehead atoms. The van der Waals surface area contributed by atoms with Crippen molar-refractivity contribution < 1.29 is 29.3 Å². The molecule has 4 saturated carbocycles. The highest BCUT2D eigenvalue weighted by Gasteiger charge is 2.75. The van der Waals surface area contributed by atoms with Crippen LogP contribution in [0.3, 0.4) is 0 Å². The maximum atomic E-state index is 13.4. The van der Waals surface area contributed by atoms with Gasteiger partial charge in [-0.2, -0.15) is 0 Å². The van der Waals surface area contributed by atoms with Crippen molar-refractivity contribution in [3.63, 3.8) is 0 Å². The zero-order valence-electron chi connectivity index (χ0n) is 26.6. The number of aliphatic carboxylic acids is 1. The fourth-order valence-electron chi connectivity index (χ4n) is 11.8. The fourth-order valence-corrected chi connectivity index (χ4v) is 11.8. The van der Waals surface area contributed by atoms with Crippen LogP contribution in [0.25, 0.3) is 0 Å². The Bertz CT molecular complexity index is 1210. The molecule has 0 aromatic heterocycles. The molecule has 2 aliphatic heterocycles. The van der Waals surface area contributed by atoms with E-state index in [0.717, 1.165) is 44.1 Å². The molecule has 1 unspecified atom stereocenters. The second kappa shape index (κ2) is 8.71. The zero-order valence-corrected chi connectivity index (χ0v) is 26.6. The highest BCUT2D eigenvalue weighted by Crippen LogP contribution is 2.78. The van der Waals surface area contributed by atoms with E-state index in [1.807, 2.05) is 13.8 Å². The Morgan fingerprint density at radius 2 is 1.68 bits per heavy atom. The first-order chi connectivity index (χ1) is 18.9. The minimum Gasteiger partial charge on any atom is -0.481 e. The molecular formula is C35H52O6. The van der Waals surface area contributed by atoms with Crippen molar-refractivity contribution in [1.29, 1.82) is 0 Å². The molecule has 7 rings (SSSR count). The molecule has 0 aromatic carbocycles. The van der Waals surface area contributed by atoms with Crippen LogP contribution in [-0.2, 0) is 19.1 Å². The van der Waals surface area contributed by atoms with Gasteiger partial charge in [-0.05, 0) is 93.3 Å². The van der Waals surface area contributed by atoms with Crippen LogP contribution in [0.15, 0.2) is 23.3 Å². The van der Waals surface area contributed by atoms with E-state index in [4.69, 9.17) is 9.47 Å². The molecule has 0 amide bonds. The first-order valence-electron chi connectivity index (χ1n) is 16.0. The molecule has 6 heteroatoms. The summed E-state index contributed by atoms with van der Waals surface area (Å²) in [6.45, 7) is 18.1. The maximum absolute atomic E-state index is 13.4. The van der Waals surface area contributed by atoms with Crippen molar-refractivity contribution in [2.45, 2.75) is 125 Å². The molecule has 41 heavy (non-hydrogen) atoms. The summed E-state index contributed by atoms with van der Waals surface area (Å²) in [6, 6.07) is 0. The van der Waals surface area contributed by atoms with Crippen molar-refractivity contribution in [1.82, 2.24) is 0 Å². The number of esters is 1. The van der Waals surface area contributed by atoms with Crippen LogP contribution in [0, 0.1) is 50.2 Å². The number of hydrogen-bond donors (Lipinski definition) is 2. The second-order valence-corrected chi connectivity index (χ2v) is 16.9. The van der Waals surface area contributed by atoms with E-state index >= 15 is 0 Å². The van der Waals surface area contributed by atoms with Crippen molar-refractivity contribution >= 4 is 11.9 Å². The highest BCUT2D eigenvalue weighted by atomic mass is 16.6. The van der Waals surface area contributed by atoms with Crippen LogP contribution < -0.4 is 0 Å². The topological polar surface area (TPSA) is 93.1 Å². The van der Waals surface area contributed by atoms with Gasteiger partial charge >= 0.3 is 11.9 Å². The highest BCUT2D eigenvalue weighted by molar-refractivity contribution is 5.84. The molecule has 5 aliphatic carbocycles. The van der Waals surface area contributed by atoms with Crippen molar-refractivity contribution in [2.75, 3.05) is 6.61 Å². The molecule has 2 heterocycles. The Hall–Kier alpha value is -1.66. The quantitative estimate of drug-likeness (QED) is 0.215. The smallest absolute Gasteiger partial charge is 0.330 e. The maximum Gasteiger partial charge on any atom is 0.330 e. The molecule has 2 saturated heterocycles. The number of carboxylic acid groups (broad SMARTS) is 1. The minimum atomic E-state index is -1.11. The molecule has 6 fully saturated rings. The summed E-state index contributed by atoms with van der Waals surface area (Å²) in [5.74, 6) is -1.63. The van der Waals surface area contributed by atoms with E-state index in [0.29, 0.717) is 37.7 Å². The number of hydrogen-bond acceptors (Lipinski definition) is 5. The van der Waals surface area contributed by atoms with Crippen LogP contribution in [0.4, 0.5) is 0 Å². The third-order valence-electron chi connectivity index (χ3n) is 14.1. The summed E-state index contributed by atoms with van der Waals surface area (Å²) >= 11 is 0. The van der Waals surface area contributed by atoms with Crippen LogP contribution in [0.1, 0.15) is 113 Å². The van der Waals surface area contributed by atoms with Crippen LogP contribution in [0.5, 0.6) is 0 Å². The number of aliphatic hydroxyl groups is 1. The summed E-state index contributed by atoms with van der Waals surface area (Å²) in [7, 11) is 0. The number of carboxylic acids is 1. The minimum absolute atomic E-state index is 0.000304. The van der Waals surface area contributed by atoms with Crippen molar-refractivity contribution in [2.24, 2.45) is 50.2 Å². The number of carbonyl (C=O) groups excluding carboxylic acids is 1. The first kappa shape index (κ1) is 29.4. The van der Waals surface area contributed by atoms with Gasteiger partial charge in [-0.3, -0.25) is 4.79 Å². The Morgan fingerprint density at radius 3 is 2.29 bits per heavy atom. The van der Waals surface area contributed by atoms with E-state index in [2.05, 4.69) is 47.6 Å². The normalized spacial score (nSPS) is 48.9. The zero-order chi connectivity index (χ0) is 30.0. The lowest BCUT2D eigenvalue weighted by molar-refractivity contribution is -0.395. The Labute approximate surface area is 246 Å². The number of ether oxygens (including phenoxy) is 2. The lowest BCUT2D eigenvalue weighted by Crippen LogP contribution is -2.73. The summed E-state index contributed by atoms with van der Waals surface area (Å²) in [5, 5.41) is 22.4. The summed E-state index contributed by atoms with van der Waals surface area (Å²) in [4.78, 5) is 26.3. The second-order valence-electron chi connectivity index (χ2n) is 16.9. The summed E-state index contributed by atoms with van der Waals surface area (Å²) in [5.41, 5.74) is 0.486. The van der Waals surface area contributed by atoms with Crippen molar-refractivity contribution in [3.05, 3.63) is 23.3 Å². The lowest BCUT2D eigenvalue weighted by atomic mass is 9.32. The van der Waals surface area contributed by atoms with Gasteiger partial charge in [-0.25, -0.2) is 4.79 Å². The fraction of sp³-hybridized carbons (Fsp3) is 0.829. The van der Waals surface area contributed by atoms with Gasteiger partial charge < -0.3 is 19.7 Å². The van der Waals surface area contributed by atoms with Gasteiger partial charge in [0.1, 0.15) is 11.5 Å². The third-order valence-corrected chi connectivity index (χ3v) is 14.1. The van der Waals surface area contributed by atoms with E-state index in [1.165, 1.54) is 11.6 Å². The van der Waals surface area contributed by atoms with Crippen LogP contribution >= 0.6 is 0 Å². The van der Waals surface area contributed by atoms with Gasteiger partial charge in [-0.15, -0.1) is 0 Å². The Kier molecular flexibility index (Phi) is 6.25. The number of carbonyl (C=O) groups is 2. The first-order valence-corrected chi connectivity index (χ1v) is 16.0. The average molecular weight is 569 g/mol. The predicted molar refractivity (Wildman–Crippen MR) is 157 cm³/mol. The molecule has 9 atom stereocenters. The monoisotopic (exact) mass is 568 g/mol. The van der Waals surface area contributed by atoms with Crippen LogP contribution in [0.2, 0.25) is 0 Å². The standard InChI is InChI=1S/C35H52O6/c1-21(2)17-27(36)41-26-19-29(3,4)18-23-22-9-10-25-32(8,31(22,7)13-15-34(23,26)28(37)38)12-11-24-30(5,6)35(39)16-14-33(24,25)20-40-35/h9,17,23-26,39H,10-16,18-20H2,1-8H3,(H,37,38)/t23?,24-,25-,26+,31+,32+,33+,34-,35+/m0/s1. The van der Waals surface area contributed by atoms with Gasteiger partial charge in [0.2, 0.25) is 0 Å². The van der Waals surface area contributed by atoms with Gasteiger partial charge in [0.15, 0.2) is 5.79 Å². The molecule has 0 aromatic rings. The molecule has 7 aliphatic rings. The van der Waals surface area contributed by atoms with Gasteiger partial charge in [0.25, 0.3) is 0 Å². The molecule has 2 N–H and O–H groups in total. The molecule has 1 spiro atoms. The molecule has 0 radical (unpaired) electrons. The molecule has 6 nitrogen and oxygen atoms in total. The van der Waals surface area contributed by atoms with Gasteiger partial charge in [0, 0.05) is 29.2 Å². The SMILES string of the molecule is CC(C)=CC(=O)O[C@@H]1CC(C)(C)CC2C3=CC[C@@H]4[C@]56CC[C@@](O)(OC5)C(C)(C)[C@@H]6CC[C@@]4(C)[C@]3(C)CC[C@]21C(=O)O. The Morgan fingerprint density at radius 1 is 0.976 bits per heavy atom. The summed E-state index contributed by atoms with van der Waals surface area (Å²) in [6.07, 6.45) is 10.6. The lowest BCUT2D eigenvalue weighted by Gasteiger charge is -2.74. The largest absolute Gasteiger partial charge is 0.481 e. The van der Waals surface area contributed by atoms with E-state index < -0.39 is 29.2 Å². The van der Waals surface area contributed by atoms with E-state index in [-0.39, 0.29) is 33.0 Å². The van der Waals surface area contributed by atoms with Crippen molar-refractivity contribution in [3.8, 4) is 0 Å². The third kappa shape index (κ3) is 3.62. The summed E-state index contributed by atoms with van der Waals surface area (Å²) < 4.78 is 12.4. The van der Waals surface area contributed by atoms with E-state index in [9.17, 15) is 19.8 Å². The average Bonchev–Trinajstić information content (AvgIpc) is 2.84. The number of allylic oxidation sites excluding steroid dienone is 3. The van der Waals surface area contributed by atoms with Crippen LogP contribution in [-0.4, -0.2) is 40.6 Å². The molecule has 228 valence electrons. The number of fused-ring (bicyclic) bond motifs is 7.